The summed E-state index contributed by atoms with van der Waals surface area (Å²) in [6, 6.07) is 8.24. The van der Waals surface area contributed by atoms with Crippen molar-refractivity contribution in [3.8, 4) is 10.4 Å². The van der Waals surface area contributed by atoms with Gasteiger partial charge in [0, 0.05) is 29.0 Å². The second-order valence-electron chi connectivity index (χ2n) is 5.62. The molecular formula is C15H17N2OS+. The molecule has 4 heteroatoms. The van der Waals surface area contributed by atoms with Gasteiger partial charge in [-0.1, -0.05) is 6.07 Å². The van der Waals surface area contributed by atoms with Crippen LogP contribution in [0.2, 0.25) is 0 Å². The molecule has 3 nitrogen and oxygen atoms in total. The first-order chi connectivity index (χ1) is 9.33. The highest BCUT2D eigenvalue weighted by atomic mass is 32.1. The van der Waals surface area contributed by atoms with E-state index in [9.17, 15) is 4.79 Å². The van der Waals surface area contributed by atoms with Gasteiger partial charge in [-0.25, -0.2) is 0 Å². The predicted octanol–water partition coefficient (Wildman–Crippen LogP) is 1.26. The summed E-state index contributed by atoms with van der Waals surface area (Å²) >= 11 is 1.64. The van der Waals surface area contributed by atoms with E-state index in [1.807, 2.05) is 28.1 Å². The van der Waals surface area contributed by atoms with E-state index in [2.05, 4.69) is 11.4 Å². The molecule has 2 aliphatic heterocycles. The highest BCUT2D eigenvalue weighted by Crippen LogP contribution is 2.31. The highest BCUT2D eigenvalue weighted by molar-refractivity contribution is 7.13. The van der Waals surface area contributed by atoms with Gasteiger partial charge in [0.25, 0.3) is 5.56 Å². The summed E-state index contributed by atoms with van der Waals surface area (Å²) in [5.41, 5.74) is 2.32. The van der Waals surface area contributed by atoms with E-state index in [1.54, 1.807) is 11.3 Å². The molecule has 1 saturated heterocycles. The van der Waals surface area contributed by atoms with E-state index in [-0.39, 0.29) is 5.56 Å². The number of nitrogens with zero attached hydrogens (tertiary/aromatic N) is 1. The molecule has 0 amide bonds. The number of piperidine rings is 1. The number of thiophene rings is 1. The Kier molecular flexibility index (Phi) is 2.60. The minimum atomic E-state index is 0.205. The Morgan fingerprint density at radius 2 is 2.21 bits per heavy atom. The molecule has 0 aromatic carbocycles. The van der Waals surface area contributed by atoms with Crippen LogP contribution in [0.25, 0.3) is 10.4 Å². The Bertz CT molecular complexity index is 659. The Hall–Kier alpha value is -1.39. The van der Waals surface area contributed by atoms with Gasteiger partial charge < -0.3 is 9.88 Å². The molecule has 2 aromatic heterocycles. The van der Waals surface area contributed by atoms with E-state index in [1.165, 1.54) is 18.7 Å². The molecule has 0 aliphatic carbocycles. The summed E-state index contributed by atoms with van der Waals surface area (Å²) in [6.45, 7) is 3.21. The van der Waals surface area contributed by atoms with Crippen LogP contribution in [0.3, 0.4) is 0 Å². The second-order valence-corrected chi connectivity index (χ2v) is 6.57. The molecule has 0 radical (unpaired) electrons. The van der Waals surface area contributed by atoms with Crippen LogP contribution >= 0.6 is 11.3 Å². The summed E-state index contributed by atoms with van der Waals surface area (Å²) in [4.78, 5) is 13.8. The second kappa shape index (κ2) is 4.32. The molecule has 2 bridgehead atoms. The van der Waals surface area contributed by atoms with Crippen molar-refractivity contribution >= 4 is 11.3 Å². The van der Waals surface area contributed by atoms with Gasteiger partial charge in [0.05, 0.1) is 18.7 Å². The van der Waals surface area contributed by atoms with Crippen LogP contribution in [0.15, 0.2) is 34.4 Å². The standard InChI is InChI=1S/C15H16N2OS/c18-15-12(14-2-1-5-19-14)3-4-13-11-6-10(7-16-8-11)9-17(13)15/h1-5,10-11,16H,6-9H2/p+1/t10-,11+/m0/s1. The van der Waals surface area contributed by atoms with Gasteiger partial charge in [0.1, 0.15) is 0 Å². The van der Waals surface area contributed by atoms with Crippen molar-refractivity contribution in [3.63, 3.8) is 0 Å². The SMILES string of the molecule is O=c1c(-c2cccs2)ccc2n1C[C@@H]1C[NH2+]C[C@H]2C1. The molecule has 2 N–H and O–H groups in total. The topological polar surface area (TPSA) is 38.6 Å². The fourth-order valence-electron chi connectivity index (χ4n) is 3.53. The first-order valence-corrected chi connectivity index (χ1v) is 7.80. The Balaban J connectivity index is 1.88. The predicted molar refractivity (Wildman–Crippen MR) is 76.5 cm³/mol. The molecule has 2 aliphatic rings. The fourth-order valence-corrected chi connectivity index (χ4v) is 4.28. The lowest BCUT2D eigenvalue weighted by Gasteiger charge is -2.35. The zero-order valence-electron chi connectivity index (χ0n) is 10.7. The number of aromatic nitrogens is 1. The number of fused-ring (bicyclic) bond motifs is 4. The molecule has 4 rings (SSSR count). The number of hydrogen-bond acceptors (Lipinski definition) is 2. The van der Waals surface area contributed by atoms with Gasteiger partial charge in [0.2, 0.25) is 0 Å². The third-order valence-electron chi connectivity index (χ3n) is 4.42. The summed E-state index contributed by atoms with van der Waals surface area (Å²) in [5.74, 6) is 1.24. The van der Waals surface area contributed by atoms with Crippen molar-refractivity contribution in [3.05, 3.63) is 45.7 Å². The molecular weight excluding hydrogens is 256 g/mol. The normalized spacial score (nSPS) is 25.1. The lowest BCUT2D eigenvalue weighted by molar-refractivity contribution is -0.673. The lowest BCUT2D eigenvalue weighted by atomic mass is 9.84. The fraction of sp³-hybridized carbons (Fsp3) is 0.400. The van der Waals surface area contributed by atoms with E-state index < -0.39 is 0 Å². The average Bonchev–Trinajstić information content (AvgIpc) is 2.94. The Labute approximate surface area is 115 Å². The van der Waals surface area contributed by atoms with E-state index in [4.69, 9.17) is 0 Å². The van der Waals surface area contributed by atoms with Gasteiger partial charge >= 0.3 is 0 Å². The smallest absolute Gasteiger partial charge is 0.259 e. The van der Waals surface area contributed by atoms with Gasteiger partial charge in [-0.05, 0) is 30.0 Å². The third kappa shape index (κ3) is 1.78. The summed E-state index contributed by atoms with van der Waals surface area (Å²) < 4.78 is 2.04. The first kappa shape index (κ1) is 11.4. The molecule has 2 atom stereocenters. The van der Waals surface area contributed by atoms with E-state index in [0.29, 0.717) is 11.8 Å². The Morgan fingerprint density at radius 1 is 1.26 bits per heavy atom. The minimum Gasteiger partial charge on any atom is -0.345 e. The molecule has 98 valence electrons. The number of rotatable bonds is 1. The first-order valence-electron chi connectivity index (χ1n) is 6.92. The van der Waals surface area contributed by atoms with Crippen LogP contribution in [-0.4, -0.2) is 17.7 Å². The van der Waals surface area contributed by atoms with Crippen molar-refractivity contribution in [2.45, 2.75) is 18.9 Å². The van der Waals surface area contributed by atoms with Gasteiger partial charge in [-0.2, -0.15) is 0 Å². The zero-order valence-corrected chi connectivity index (χ0v) is 11.5. The largest absolute Gasteiger partial charge is 0.345 e. The van der Waals surface area contributed by atoms with Crippen LogP contribution < -0.4 is 10.9 Å². The number of quaternary nitrogens is 1. The summed E-state index contributed by atoms with van der Waals surface area (Å²) in [7, 11) is 0. The van der Waals surface area contributed by atoms with Crippen molar-refractivity contribution in [2.24, 2.45) is 5.92 Å². The van der Waals surface area contributed by atoms with Crippen molar-refractivity contribution in [1.29, 1.82) is 0 Å². The zero-order chi connectivity index (χ0) is 12.8. The number of nitrogens with two attached hydrogens (primary N) is 1. The molecule has 1 fully saturated rings. The third-order valence-corrected chi connectivity index (χ3v) is 5.33. The average molecular weight is 273 g/mol. The van der Waals surface area contributed by atoms with Crippen molar-refractivity contribution in [2.75, 3.05) is 13.1 Å². The molecule has 4 heterocycles. The van der Waals surface area contributed by atoms with Crippen molar-refractivity contribution in [1.82, 2.24) is 4.57 Å². The summed E-state index contributed by atoms with van der Waals surface area (Å²) in [5, 5.41) is 4.43. The van der Waals surface area contributed by atoms with Crippen LogP contribution in [0, 0.1) is 5.92 Å². The van der Waals surface area contributed by atoms with E-state index in [0.717, 1.165) is 23.5 Å². The van der Waals surface area contributed by atoms with E-state index >= 15 is 0 Å². The van der Waals surface area contributed by atoms with Gasteiger partial charge in [0.15, 0.2) is 0 Å². The summed E-state index contributed by atoms with van der Waals surface area (Å²) in [6.07, 6.45) is 1.26. The van der Waals surface area contributed by atoms with Gasteiger partial charge in [-0.3, -0.25) is 4.79 Å². The van der Waals surface area contributed by atoms with Gasteiger partial charge in [-0.15, -0.1) is 11.3 Å². The molecule has 0 spiro atoms. The maximum absolute atomic E-state index is 12.7. The lowest BCUT2D eigenvalue weighted by Crippen LogP contribution is -2.89. The maximum atomic E-state index is 12.7. The molecule has 19 heavy (non-hydrogen) atoms. The Morgan fingerprint density at radius 3 is 3.05 bits per heavy atom. The molecule has 2 aromatic rings. The quantitative estimate of drug-likeness (QED) is 0.834. The monoisotopic (exact) mass is 273 g/mol. The molecule has 0 saturated carbocycles. The number of pyridine rings is 1. The van der Waals surface area contributed by atoms with Crippen LogP contribution in [-0.2, 0) is 6.54 Å². The highest BCUT2D eigenvalue weighted by Gasteiger charge is 2.33. The maximum Gasteiger partial charge on any atom is 0.259 e. The molecule has 0 unspecified atom stereocenters. The van der Waals surface area contributed by atoms with Crippen LogP contribution in [0.4, 0.5) is 0 Å². The number of hydrogen-bond donors (Lipinski definition) is 1. The van der Waals surface area contributed by atoms with Crippen molar-refractivity contribution < 1.29 is 5.32 Å². The minimum absolute atomic E-state index is 0.205. The van der Waals surface area contributed by atoms with Crippen LogP contribution in [0.5, 0.6) is 0 Å². The van der Waals surface area contributed by atoms with Crippen LogP contribution in [0.1, 0.15) is 18.0 Å².